The Morgan fingerprint density at radius 1 is 0.750 bits per heavy atom. The maximum atomic E-state index is 12.8. The molecule has 0 heterocycles. The lowest BCUT2D eigenvalue weighted by Gasteiger charge is -2.12. The molecule has 168 valence electrons. The lowest BCUT2D eigenvalue weighted by atomic mass is 10.2. The standard InChI is InChI=1S/C21H21N3O6S2/c1-22-21(25)19-14-18(12-13-20(19)30-2)32(28,29)24-16-8-10-17(11-9-16)31(26,27)23-15-6-4-3-5-7-15/h3-14,23-24H,1-2H3,(H,22,25). The number of carbonyl (C=O) groups excluding carboxylic acids is 1. The van der Waals surface area contributed by atoms with E-state index in [4.69, 9.17) is 4.74 Å². The molecule has 0 aliphatic heterocycles. The molecule has 1 amide bonds. The summed E-state index contributed by atoms with van der Waals surface area (Å²) >= 11 is 0. The second-order valence-corrected chi connectivity index (χ2v) is 9.91. The van der Waals surface area contributed by atoms with Crippen LogP contribution in [-0.4, -0.2) is 36.9 Å². The van der Waals surface area contributed by atoms with Crippen molar-refractivity contribution in [2.75, 3.05) is 23.6 Å². The zero-order valence-corrected chi connectivity index (χ0v) is 18.8. The average Bonchev–Trinajstić information content (AvgIpc) is 2.78. The third kappa shape index (κ3) is 5.18. The number of para-hydroxylation sites is 1. The van der Waals surface area contributed by atoms with Crippen LogP contribution < -0.4 is 19.5 Å². The SMILES string of the molecule is CNC(=O)c1cc(S(=O)(=O)Nc2ccc(S(=O)(=O)Nc3ccccc3)cc2)ccc1OC. The quantitative estimate of drug-likeness (QED) is 0.459. The molecule has 0 radical (unpaired) electrons. The summed E-state index contributed by atoms with van der Waals surface area (Å²) in [5.41, 5.74) is 0.621. The number of hydrogen-bond acceptors (Lipinski definition) is 6. The smallest absolute Gasteiger partial charge is 0.261 e. The molecular weight excluding hydrogens is 454 g/mol. The van der Waals surface area contributed by atoms with Crippen LogP contribution in [0.1, 0.15) is 10.4 Å². The third-order valence-electron chi connectivity index (χ3n) is 4.40. The van der Waals surface area contributed by atoms with Crippen molar-refractivity contribution in [3.05, 3.63) is 78.4 Å². The first-order chi connectivity index (χ1) is 15.2. The lowest BCUT2D eigenvalue weighted by Crippen LogP contribution is -2.20. The summed E-state index contributed by atoms with van der Waals surface area (Å²) < 4.78 is 60.5. The van der Waals surface area contributed by atoms with Crippen LogP contribution in [0.3, 0.4) is 0 Å². The second kappa shape index (κ2) is 9.28. The largest absolute Gasteiger partial charge is 0.496 e. The highest BCUT2D eigenvalue weighted by Gasteiger charge is 2.20. The number of sulfonamides is 2. The zero-order chi connectivity index (χ0) is 23.4. The van der Waals surface area contributed by atoms with Crippen molar-refractivity contribution in [2.45, 2.75) is 9.79 Å². The predicted octanol–water partition coefficient (Wildman–Crippen LogP) is 2.66. The number of amides is 1. The van der Waals surface area contributed by atoms with E-state index in [1.807, 2.05) is 0 Å². The molecule has 0 aliphatic rings. The van der Waals surface area contributed by atoms with Crippen LogP contribution in [0.5, 0.6) is 5.75 Å². The monoisotopic (exact) mass is 475 g/mol. The highest BCUT2D eigenvalue weighted by molar-refractivity contribution is 7.93. The molecule has 0 spiro atoms. The summed E-state index contributed by atoms with van der Waals surface area (Å²) in [5.74, 6) is -0.275. The Bertz CT molecular complexity index is 1320. The number of carbonyl (C=O) groups is 1. The molecule has 0 saturated carbocycles. The molecule has 0 bridgehead atoms. The van der Waals surface area contributed by atoms with Gasteiger partial charge in [0.2, 0.25) is 0 Å². The molecule has 0 saturated heterocycles. The van der Waals surface area contributed by atoms with Crippen molar-refractivity contribution in [3.63, 3.8) is 0 Å². The molecule has 3 aromatic rings. The Balaban J connectivity index is 1.82. The van der Waals surface area contributed by atoms with Crippen LogP contribution in [-0.2, 0) is 20.0 Å². The van der Waals surface area contributed by atoms with E-state index < -0.39 is 26.0 Å². The minimum absolute atomic E-state index is 0.0318. The molecule has 9 nitrogen and oxygen atoms in total. The van der Waals surface area contributed by atoms with Crippen LogP contribution in [0.4, 0.5) is 11.4 Å². The minimum Gasteiger partial charge on any atom is -0.496 e. The first-order valence-electron chi connectivity index (χ1n) is 9.27. The van der Waals surface area contributed by atoms with Gasteiger partial charge in [0.1, 0.15) is 5.75 Å². The van der Waals surface area contributed by atoms with Gasteiger partial charge < -0.3 is 10.1 Å². The van der Waals surface area contributed by atoms with Crippen LogP contribution in [0.25, 0.3) is 0 Å². The van der Waals surface area contributed by atoms with Gasteiger partial charge in [0.25, 0.3) is 26.0 Å². The predicted molar refractivity (Wildman–Crippen MR) is 121 cm³/mol. The van der Waals surface area contributed by atoms with Gasteiger partial charge in [-0.3, -0.25) is 14.2 Å². The van der Waals surface area contributed by atoms with Gasteiger partial charge in [0.15, 0.2) is 0 Å². The Morgan fingerprint density at radius 2 is 1.28 bits per heavy atom. The Morgan fingerprint density at radius 3 is 1.84 bits per heavy atom. The topological polar surface area (TPSA) is 131 Å². The maximum Gasteiger partial charge on any atom is 0.261 e. The van der Waals surface area contributed by atoms with Gasteiger partial charge in [-0.05, 0) is 54.6 Å². The van der Waals surface area contributed by atoms with E-state index in [2.05, 4.69) is 14.8 Å². The molecule has 11 heteroatoms. The van der Waals surface area contributed by atoms with Gasteiger partial charge in [-0.2, -0.15) is 0 Å². The number of benzene rings is 3. The van der Waals surface area contributed by atoms with Gasteiger partial charge in [-0.1, -0.05) is 18.2 Å². The molecule has 0 unspecified atom stereocenters. The molecule has 3 rings (SSSR count). The fraction of sp³-hybridized carbons (Fsp3) is 0.0952. The first-order valence-corrected chi connectivity index (χ1v) is 12.2. The molecule has 0 aromatic heterocycles. The lowest BCUT2D eigenvalue weighted by molar-refractivity contribution is 0.0960. The Hall–Kier alpha value is -3.57. The van der Waals surface area contributed by atoms with Gasteiger partial charge in [-0.25, -0.2) is 16.8 Å². The number of methoxy groups -OCH3 is 1. The normalized spacial score (nSPS) is 11.4. The summed E-state index contributed by atoms with van der Waals surface area (Å²) in [6.45, 7) is 0. The number of rotatable bonds is 8. The van der Waals surface area contributed by atoms with Gasteiger partial charge in [0.05, 0.1) is 22.5 Å². The molecule has 0 aliphatic carbocycles. The molecule has 3 N–H and O–H groups in total. The van der Waals surface area contributed by atoms with Crippen LogP contribution >= 0.6 is 0 Å². The van der Waals surface area contributed by atoms with E-state index in [1.54, 1.807) is 30.3 Å². The van der Waals surface area contributed by atoms with E-state index in [1.165, 1.54) is 56.6 Å². The van der Waals surface area contributed by atoms with Crippen molar-refractivity contribution in [1.29, 1.82) is 0 Å². The molecule has 0 atom stereocenters. The summed E-state index contributed by atoms with van der Waals surface area (Å²) in [5, 5.41) is 2.43. The summed E-state index contributed by atoms with van der Waals surface area (Å²) in [4.78, 5) is 11.8. The highest BCUT2D eigenvalue weighted by atomic mass is 32.2. The Kier molecular flexibility index (Phi) is 6.70. The molecular formula is C21H21N3O6S2. The van der Waals surface area contributed by atoms with Crippen molar-refractivity contribution in [3.8, 4) is 5.75 Å². The van der Waals surface area contributed by atoms with E-state index in [-0.39, 0.29) is 26.8 Å². The fourth-order valence-electron chi connectivity index (χ4n) is 2.80. The summed E-state index contributed by atoms with van der Waals surface area (Å²) in [6, 6.07) is 17.5. The van der Waals surface area contributed by atoms with Crippen LogP contribution in [0, 0.1) is 0 Å². The van der Waals surface area contributed by atoms with E-state index in [9.17, 15) is 21.6 Å². The van der Waals surface area contributed by atoms with Gasteiger partial charge in [0, 0.05) is 18.4 Å². The van der Waals surface area contributed by atoms with E-state index in [0.717, 1.165) is 0 Å². The minimum atomic E-state index is -4.05. The summed E-state index contributed by atoms with van der Waals surface area (Å²) in [6.07, 6.45) is 0. The first kappa shape index (κ1) is 23.1. The fourth-order valence-corrected chi connectivity index (χ4v) is 4.95. The third-order valence-corrected chi connectivity index (χ3v) is 7.17. The molecule has 3 aromatic carbocycles. The van der Waals surface area contributed by atoms with Crippen molar-refractivity contribution >= 4 is 37.3 Å². The highest BCUT2D eigenvalue weighted by Crippen LogP contribution is 2.25. The van der Waals surface area contributed by atoms with E-state index >= 15 is 0 Å². The van der Waals surface area contributed by atoms with Crippen LogP contribution in [0.2, 0.25) is 0 Å². The van der Waals surface area contributed by atoms with Crippen molar-refractivity contribution < 1.29 is 26.4 Å². The number of ether oxygens (including phenoxy) is 1. The number of anilines is 2. The van der Waals surface area contributed by atoms with Gasteiger partial charge >= 0.3 is 0 Å². The number of hydrogen-bond donors (Lipinski definition) is 3. The van der Waals surface area contributed by atoms with Crippen molar-refractivity contribution in [2.24, 2.45) is 0 Å². The molecule has 32 heavy (non-hydrogen) atoms. The molecule has 0 fully saturated rings. The summed E-state index contributed by atoms with van der Waals surface area (Å²) in [7, 11) is -5.10. The van der Waals surface area contributed by atoms with Crippen molar-refractivity contribution in [1.82, 2.24) is 5.32 Å². The zero-order valence-electron chi connectivity index (χ0n) is 17.2. The average molecular weight is 476 g/mol. The maximum absolute atomic E-state index is 12.8. The Labute approximate surface area is 186 Å². The van der Waals surface area contributed by atoms with Gasteiger partial charge in [-0.15, -0.1) is 0 Å². The van der Waals surface area contributed by atoms with Crippen LogP contribution in [0.15, 0.2) is 82.6 Å². The van der Waals surface area contributed by atoms with E-state index in [0.29, 0.717) is 5.69 Å². The number of nitrogens with one attached hydrogen (secondary N) is 3. The second-order valence-electron chi connectivity index (χ2n) is 6.54.